The van der Waals surface area contributed by atoms with Gasteiger partial charge in [-0.2, -0.15) is 0 Å². The second kappa shape index (κ2) is 7.41. The Morgan fingerprint density at radius 2 is 2.13 bits per heavy atom. The molecule has 3 unspecified atom stereocenters. The number of benzene rings is 1. The second-order valence-corrected chi connectivity index (χ2v) is 6.60. The first kappa shape index (κ1) is 17.9. The number of ether oxygens (including phenoxy) is 1. The number of nitrogens with two attached hydrogens (primary N) is 1. The van der Waals surface area contributed by atoms with Crippen LogP contribution in [0, 0.1) is 22.0 Å². The van der Waals surface area contributed by atoms with Gasteiger partial charge in [0.25, 0.3) is 5.69 Å². The fourth-order valence-electron chi connectivity index (χ4n) is 3.68. The van der Waals surface area contributed by atoms with Crippen LogP contribution in [0.2, 0.25) is 0 Å². The predicted octanol–water partition coefficient (Wildman–Crippen LogP) is 4.13. The lowest BCUT2D eigenvalue weighted by Crippen LogP contribution is -2.52. The van der Waals surface area contributed by atoms with Crippen molar-refractivity contribution in [3.63, 3.8) is 0 Å². The van der Waals surface area contributed by atoms with Crippen molar-refractivity contribution in [3.8, 4) is 0 Å². The summed E-state index contributed by atoms with van der Waals surface area (Å²) >= 11 is 0. The molecule has 5 heteroatoms. The Kier molecular flexibility index (Phi) is 5.76. The Bertz CT molecular complexity index is 561. The number of fused-ring (bicyclic) bond motifs is 1. The molecule has 2 N–H and O–H groups in total. The Labute approximate surface area is 138 Å². The molecule has 1 aliphatic rings. The minimum absolute atomic E-state index is 0.133. The number of hydrogen-bond acceptors (Lipinski definition) is 4. The number of hydrogen-bond donors (Lipinski definition) is 1. The zero-order valence-corrected chi connectivity index (χ0v) is 14.4. The Balaban J connectivity index is 2.48. The molecule has 0 radical (unpaired) electrons. The summed E-state index contributed by atoms with van der Waals surface area (Å²) in [5, 5.41) is 11.4. The lowest BCUT2D eigenvalue weighted by atomic mass is 9.69. The van der Waals surface area contributed by atoms with Crippen LogP contribution in [-0.2, 0) is 16.9 Å². The maximum Gasteiger partial charge on any atom is 0.273 e. The van der Waals surface area contributed by atoms with Crippen molar-refractivity contribution in [2.75, 3.05) is 6.61 Å². The van der Waals surface area contributed by atoms with Crippen LogP contribution in [0.3, 0.4) is 0 Å². The molecule has 0 amide bonds. The zero-order chi connectivity index (χ0) is 17.0. The Hall–Kier alpha value is -1.46. The fraction of sp³-hybridized carbons (Fsp3) is 0.667. The molecule has 23 heavy (non-hydrogen) atoms. The normalized spacial score (nSPS) is 26.8. The van der Waals surface area contributed by atoms with Gasteiger partial charge in [0.1, 0.15) is 5.72 Å². The average molecular weight is 320 g/mol. The quantitative estimate of drug-likeness (QED) is 0.354. The summed E-state index contributed by atoms with van der Waals surface area (Å²) in [7, 11) is 0. The zero-order valence-electron chi connectivity index (χ0n) is 14.4. The van der Waals surface area contributed by atoms with Gasteiger partial charge in [0.15, 0.2) is 0 Å². The van der Waals surface area contributed by atoms with Crippen LogP contribution in [-0.4, -0.2) is 11.5 Å². The monoisotopic (exact) mass is 320 g/mol. The summed E-state index contributed by atoms with van der Waals surface area (Å²) in [6, 6.07) is 5.19. The van der Waals surface area contributed by atoms with Gasteiger partial charge in [-0.1, -0.05) is 45.7 Å². The van der Waals surface area contributed by atoms with Crippen LogP contribution < -0.4 is 5.73 Å². The van der Waals surface area contributed by atoms with Crippen molar-refractivity contribution in [3.05, 3.63) is 39.4 Å². The molecule has 0 aromatic heterocycles. The first-order chi connectivity index (χ1) is 11.0. The highest BCUT2D eigenvalue weighted by molar-refractivity contribution is 5.49. The molecule has 0 saturated carbocycles. The van der Waals surface area contributed by atoms with Gasteiger partial charge < -0.3 is 4.74 Å². The van der Waals surface area contributed by atoms with E-state index in [2.05, 4.69) is 20.8 Å². The molecule has 1 aromatic carbocycles. The summed E-state index contributed by atoms with van der Waals surface area (Å²) < 4.78 is 6.12. The van der Waals surface area contributed by atoms with E-state index in [0.29, 0.717) is 18.9 Å². The molecule has 5 nitrogen and oxygen atoms in total. The molecule has 0 bridgehead atoms. The molecule has 0 aliphatic heterocycles. The highest BCUT2D eigenvalue weighted by Gasteiger charge is 2.46. The largest absolute Gasteiger partial charge is 0.356 e. The molecular formula is C18H28N2O3. The van der Waals surface area contributed by atoms with Crippen LogP contribution >= 0.6 is 0 Å². The van der Waals surface area contributed by atoms with Crippen LogP contribution in [0.15, 0.2) is 18.2 Å². The van der Waals surface area contributed by atoms with E-state index in [0.717, 1.165) is 36.8 Å². The summed E-state index contributed by atoms with van der Waals surface area (Å²) in [6.45, 7) is 6.94. The van der Waals surface area contributed by atoms with Gasteiger partial charge in [0, 0.05) is 29.7 Å². The molecule has 1 aromatic rings. The number of nitro benzene ring substituents is 1. The SMILES string of the molecule is CCCCOC1(N)c2cccc([N+](=O)[O-])c2CC(CCC)C1C. The average Bonchev–Trinajstić information content (AvgIpc) is 2.52. The van der Waals surface area contributed by atoms with Crippen molar-refractivity contribution < 1.29 is 9.66 Å². The summed E-state index contributed by atoms with van der Waals surface area (Å²) in [5.74, 6) is 0.439. The van der Waals surface area contributed by atoms with Crippen molar-refractivity contribution in [1.82, 2.24) is 0 Å². The van der Waals surface area contributed by atoms with Crippen LogP contribution in [0.4, 0.5) is 5.69 Å². The van der Waals surface area contributed by atoms with Gasteiger partial charge in [-0.15, -0.1) is 0 Å². The van der Waals surface area contributed by atoms with E-state index in [1.807, 2.05) is 6.07 Å². The molecule has 0 saturated heterocycles. The molecule has 0 fully saturated rings. The highest BCUT2D eigenvalue weighted by atomic mass is 16.6. The van der Waals surface area contributed by atoms with Crippen LogP contribution in [0.1, 0.15) is 57.6 Å². The fourth-order valence-corrected chi connectivity index (χ4v) is 3.68. The summed E-state index contributed by atoms with van der Waals surface area (Å²) in [5.41, 5.74) is 7.49. The smallest absolute Gasteiger partial charge is 0.273 e. The van der Waals surface area contributed by atoms with Gasteiger partial charge in [-0.3, -0.25) is 15.8 Å². The standard InChI is InChI=1S/C18H28N2O3/c1-4-6-11-23-18(19)13(3)14(8-5-2)12-15-16(18)9-7-10-17(15)20(21)22/h7,9-10,13-14H,4-6,8,11-12,19H2,1-3H3. The minimum Gasteiger partial charge on any atom is -0.356 e. The highest BCUT2D eigenvalue weighted by Crippen LogP contribution is 2.46. The van der Waals surface area contributed by atoms with Crippen molar-refractivity contribution >= 4 is 5.69 Å². The van der Waals surface area contributed by atoms with E-state index < -0.39 is 5.72 Å². The first-order valence-electron chi connectivity index (χ1n) is 8.65. The maximum absolute atomic E-state index is 11.4. The molecule has 0 heterocycles. The van der Waals surface area contributed by atoms with Crippen molar-refractivity contribution in [1.29, 1.82) is 0 Å². The summed E-state index contributed by atoms with van der Waals surface area (Å²) in [6.07, 6.45) is 4.72. The number of nitrogens with zero attached hydrogens (tertiary/aromatic N) is 1. The van der Waals surface area contributed by atoms with Crippen molar-refractivity contribution in [2.45, 2.75) is 58.6 Å². The lowest BCUT2D eigenvalue weighted by molar-refractivity contribution is -0.386. The van der Waals surface area contributed by atoms with Crippen LogP contribution in [0.5, 0.6) is 0 Å². The summed E-state index contributed by atoms with van der Waals surface area (Å²) in [4.78, 5) is 11.1. The second-order valence-electron chi connectivity index (χ2n) is 6.60. The van der Waals surface area contributed by atoms with Gasteiger partial charge in [0.2, 0.25) is 0 Å². The van der Waals surface area contributed by atoms with Gasteiger partial charge in [-0.25, -0.2) is 0 Å². The van der Waals surface area contributed by atoms with E-state index >= 15 is 0 Å². The molecule has 128 valence electrons. The molecular weight excluding hydrogens is 292 g/mol. The van der Waals surface area contributed by atoms with Gasteiger partial charge >= 0.3 is 0 Å². The lowest BCUT2D eigenvalue weighted by Gasteiger charge is -2.45. The third kappa shape index (κ3) is 3.40. The maximum atomic E-state index is 11.4. The van der Waals surface area contributed by atoms with E-state index in [1.54, 1.807) is 12.1 Å². The van der Waals surface area contributed by atoms with E-state index in [9.17, 15) is 10.1 Å². The molecule has 3 atom stereocenters. The van der Waals surface area contributed by atoms with Crippen molar-refractivity contribution in [2.24, 2.45) is 17.6 Å². The van der Waals surface area contributed by atoms with Gasteiger partial charge in [-0.05, 0) is 25.2 Å². The Morgan fingerprint density at radius 1 is 1.39 bits per heavy atom. The van der Waals surface area contributed by atoms with E-state index in [4.69, 9.17) is 10.5 Å². The molecule has 0 spiro atoms. The number of unbranched alkanes of at least 4 members (excludes halogenated alkanes) is 1. The van der Waals surface area contributed by atoms with Gasteiger partial charge in [0.05, 0.1) is 4.92 Å². The number of nitro groups is 1. The third-order valence-corrected chi connectivity index (χ3v) is 5.12. The van der Waals surface area contributed by atoms with E-state index in [-0.39, 0.29) is 16.5 Å². The third-order valence-electron chi connectivity index (χ3n) is 5.12. The molecule has 2 rings (SSSR count). The minimum atomic E-state index is -0.936. The topological polar surface area (TPSA) is 78.4 Å². The van der Waals surface area contributed by atoms with Crippen LogP contribution in [0.25, 0.3) is 0 Å². The first-order valence-corrected chi connectivity index (χ1v) is 8.65. The van der Waals surface area contributed by atoms with E-state index in [1.165, 1.54) is 0 Å². The predicted molar refractivity (Wildman–Crippen MR) is 91.1 cm³/mol. The Morgan fingerprint density at radius 3 is 2.74 bits per heavy atom. The molecule has 1 aliphatic carbocycles. The number of rotatable bonds is 7.